The minimum Gasteiger partial charge on any atom is -0.372 e. The number of nitrogens with zero attached hydrogens (tertiary/aromatic N) is 1. The predicted molar refractivity (Wildman–Crippen MR) is 87.4 cm³/mol. The SMILES string of the molecule is CCN(CC)c1ccc(C(C)(C)C)cc1C(C)(C)C. The Morgan fingerprint density at radius 2 is 1.37 bits per heavy atom. The monoisotopic (exact) mass is 261 g/mol. The Kier molecular flexibility index (Phi) is 4.71. The van der Waals surface area contributed by atoms with Crippen molar-refractivity contribution in [3.8, 4) is 0 Å². The van der Waals surface area contributed by atoms with Gasteiger partial charge in [-0.3, -0.25) is 0 Å². The van der Waals surface area contributed by atoms with Gasteiger partial charge in [0.25, 0.3) is 0 Å². The maximum atomic E-state index is 2.45. The molecular formula is C18H31N. The van der Waals surface area contributed by atoms with Crippen LogP contribution in [-0.2, 0) is 10.8 Å². The van der Waals surface area contributed by atoms with Gasteiger partial charge in [0.05, 0.1) is 0 Å². The number of rotatable bonds is 3. The highest BCUT2D eigenvalue weighted by Crippen LogP contribution is 2.35. The van der Waals surface area contributed by atoms with Crippen LogP contribution < -0.4 is 4.90 Å². The van der Waals surface area contributed by atoms with E-state index in [1.165, 1.54) is 16.8 Å². The van der Waals surface area contributed by atoms with Crippen molar-refractivity contribution in [1.29, 1.82) is 0 Å². The topological polar surface area (TPSA) is 3.24 Å². The minimum absolute atomic E-state index is 0.180. The lowest BCUT2D eigenvalue weighted by atomic mass is 9.79. The van der Waals surface area contributed by atoms with Crippen molar-refractivity contribution in [3.05, 3.63) is 29.3 Å². The first kappa shape index (κ1) is 16.1. The van der Waals surface area contributed by atoms with Crippen LogP contribution in [0.3, 0.4) is 0 Å². The number of anilines is 1. The third kappa shape index (κ3) is 3.75. The second-order valence-corrected chi connectivity index (χ2v) is 7.40. The van der Waals surface area contributed by atoms with Crippen LogP contribution in [0.1, 0.15) is 66.5 Å². The van der Waals surface area contributed by atoms with Crippen LogP contribution in [0.4, 0.5) is 5.69 Å². The Morgan fingerprint density at radius 1 is 0.842 bits per heavy atom. The molecule has 108 valence electrons. The van der Waals surface area contributed by atoms with Crippen LogP contribution in [0.2, 0.25) is 0 Å². The fourth-order valence-corrected chi connectivity index (χ4v) is 2.44. The fourth-order valence-electron chi connectivity index (χ4n) is 2.44. The highest BCUT2D eigenvalue weighted by atomic mass is 15.1. The molecular weight excluding hydrogens is 230 g/mol. The Hall–Kier alpha value is -0.980. The van der Waals surface area contributed by atoms with Crippen molar-refractivity contribution >= 4 is 5.69 Å². The second-order valence-electron chi connectivity index (χ2n) is 7.40. The van der Waals surface area contributed by atoms with Gasteiger partial charge < -0.3 is 4.90 Å². The highest BCUT2D eigenvalue weighted by Gasteiger charge is 2.23. The van der Waals surface area contributed by atoms with E-state index in [-0.39, 0.29) is 10.8 Å². The zero-order valence-electron chi connectivity index (χ0n) is 14.1. The molecule has 0 aromatic heterocycles. The van der Waals surface area contributed by atoms with Crippen molar-refractivity contribution in [1.82, 2.24) is 0 Å². The van der Waals surface area contributed by atoms with Crippen LogP contribution in [0.25, 0.3) is 0 Å². The maximum Gasteiger partial charge on any atom is 0.0404 e. The lowest BCUT2D eigenvalue weighted by molar-refractivity contribution is 0.567. The van der Waals surface area contributed by atoms with Gasteiger partial charge in [0.1, 0.15) is 0 Å². The Balaban J connectivity index is 3.41. The molecule has 0 aliphatic heterocycles. The molecule has 19 heavy (non-hydrogen) atoms. The summed E-state index contributed by atoms with van der Waals surface area (Å²) in [5.41, 5.74) is 4.67. The molecule has 1 heteroatoms. The van der Waals surface area contributed by atoms with Crippen LogP contribution in [0.5, 0.6) is 0 Å². The number of benzene rings is 1. The summed E-state index contributed by atoms with van der Waals surface area (Å²) in [6.07, 6.45) is 0. The minimum atomic E-state index is 0.180. The molecule has 0 aliphatic rings. The molecule has 0 unspecified atom stereocenters. The largest absolute Gasteiger partial charge is 0.372 e. The average molecular weight is 261 g/mol. The molecule has 1 aromatic rings. The maximum absolute atomic E-state index is 2.45. The molecule has 0 fully saturated rings. The van der Waals surface area contributed by atoms with Crippen molar-refractivity contribution in [2.45, 2.75) is 66.2 Å². The van der Waals surface area contributed by atoms with Crippen molar-refractivity contribution < 1.29 is 0 Å². The van der Waals surface area contributed by atoms with Gasteiger partial charge in [0, 0.05) is 18.8 Å². The van der Waals surface area contributed by atoms with E-state index in [1.807, 2.05) is 0 Å². The molecule has 0 spiro atoms. The van der Waals surface area contributed by atoms with Gasteiger partial charge in [-0.1, -0.05) is 53.7 Å². The lowest BCUT2D eigenvalue weighted by Gasteiger charge is -2.32. The normalized spacial score (nSPS) is 12.6. The quantitative estimate of drug-likeness (QED) is 0.729. The summed E-state index contributed by atoms with van der Waals surface area (Å²) >= 11 is 0. The molecule has 0 N–H and O–H groups in total. The Labute approximate surface area is 120 Å². The molecule has 0 radical (unpaired) electrons. The number of hydrogen-bond donors (Lipinski definition) is 0. The standard InChI is InChI=1S/C18H31N/c1-9-19(10-2)16-12-11-14(17(3,4)5)13-15(16)18(6,7)8/h11-13H,9-10H2,1-8H3. The summed E-state index contributed by atoms with van der Waals surface area (Å²) in [5, 5.41) is 0. The predicted octanol–water partition coefficient (Wildman–Crippen LogP) is 5.13. The highest BCUT2D eigenvalue weighted by molar-refractivity contribution is 5.58. The smallest absolute Gasteiger partial charge is 0.0404 e. The van der Waals surface area contributed by atoms with Gasteiger partial charge in [-0.05, 0) is 41.9 Å². The zero-order chi connectivity index (χ0) is 14.8. The summed E-state index contributed by atoms with van der Waals surface area (Å²) in [5.74, 6) is 0. The molecule has 0 atom stereocenters. The van der Waals surface area contributed by atoms with E-state index in [0.29, 0.717) is 0 Å². The van der Waals surface area contributed by atoms with E-state index in [2.05, 4.69) is 78.5 Å². The molecule has 0 saturated carbocycles. The lowest BCUT2D eigenvalue weighted by Crippen LogP contribution is -2.27. The summed E-state index contributed by atoms with van der Waals surface area (Å²) in [4.78, 5) is 2.45. The first-order chi connectivity index (χ1) is 8.61. The van der Waals surface area contributed by atoms with Gasteiger partial charge >= 0.3 is 0 Å². The van der Waals surface area contributed by atoms with Crippen LogP contribution in [0.15, 0.2) is 18.2 Å². The van der Waals surface area contributed by atoms with Gasteiger partial charge in [0.15, 0.2) is 0 Å². The van der Waals surface area contributed by atoms with Crippen LogP contribution in [-0.4, -0.2) is 13.1 Å². The van der Waals surface area contributed by atoms with E-state index < -0.39 is 0 Å². The summed E-state index contributed by atoms with van der Waals surface area (Å²) < 4.78 is 0. The van der Waals surface area contributed by atoms with Gasteiger partial charge in [-0.2, -0.15) is 0 Å². The molecule has 0 bridgehead atoms. The Bertz CT molecular complexity index is 414. The van der Waals surface area contributed by atoms with Crippen molar-refractivity contribution in [3.63, 3.8) is 0 Å². The van der Waals surface area contributed by atoms with E-state index in [0.717, 1.165) is 13.1 Å². The molecule has 0 aliphatic carbocycles. The first-order valence-corrected chi connectivity index (χ1v) is 7.51. The summed E-state index contributed by atoms with van der Waals surface area (Å²) in [7, 11) is 0. The third-order valence-electron chi connectivity index (χ3n) is 3.77. The van der Waals surface area contributed by atoms with Gasteiger partial charge in [-0.15, -0.1) is 0 Å². The van der Waals surface area contributed by atoms with Crippen LogP contribution in [0, 0.1) is 0 Å². The van der Waals surface area contributed by atoms with Crippen molar-refractivity contribution in [2.24, 2.45) is 0 Å². The molecule has 1 aromatic carbocycles. The molecule has 0 heterocycles. The fraction of sp³-hybridized carbons (Fsp3) is 0.667. The van der Waals surface area contributed by atoms with Crippen LogP contribution >= 0.6 is 0 Å². The number of hydrogen-bond acceptors (Lipinski definition) is 1. The molecule has 0 amide bonds. The molecule has 0 saturated heterocycles. The summed E-state index contributed by atoms with van der Waals surface area (Å²) in [6, 6.07) is 7.02. The van der Waals surface area contributed by atoms with E-state index in [9.17, 15) is 0 Å². The van der Waals surface area contributed by atoms with Gasteiger partial charge in [-0.25, -0.2) is 0 Å². The first-order valence-electron chi connectivity index (χ1n) is 7.51. The van der Waals surface area contributed by atoms with E-state index in [4.69, 9.17) is 0 Å². The third-order valence-corrected chi connectivity index (χ3v) is 3.77. The average Bonchev–Trinajstić information content (AvgIpc) is 2.28. The molecule has 1 rings (SSSR count). The zero-order valence-corrected chi connectivity index (χ0v) is 14.1. The van der Waals surface area contributed by atoms with Crippen molar-refractivity contribution in [2.75, 3.05) is 18.0 Å². The van der Waals surface area contributed by atoms with E-state index in [1.54, 1.807) is 0 Å². The second kappa shape index (κ2) is 5.56. The summed E-state index contributed by atoms with van der Waals surface area (Å²) in [6.45, 7) is 20.4. The Morgan fingerprint density at radius 3 is 1.74 bits per heavy atom. The van der Waals surface area contributed by atoms with E-state index >= 15 is 0 Å². The molecule has 1 nitrogen and oxygen atoms in total. The van der Waals surface area contributed by atoms with Gasteiger partial charge in [0.2, 0.25) is 0 Å².